The van der Waals surface area contributed by atoms with E-state index in [0.29, 0.717) is 31.3 Å². The zero-order chi connectivity index (χ0) is 23.8. The molecular weight excluding hydrogens is 450 g/mol. The Morgan fingerprint density at radius 2 is 1.82 bits per heavy atom. The second kappa shape index (κ2) is 9.15. The summed E-state index contributed by atoms with van der Waals surface area (Å²) in [6.45, 7) is 9.51. The second-order valence-electron chi connectivity index (χ2n) is 8.63. The topological polar surface area (TPSA) is 84.6 Å². The lowest BCUT2D eigenvalue weighted by molar-refractivity contribution is 0.0619. The first kappa shape index (κ1) is 22.5. The highest BCUT2D eigenvalue weighted by atomic mass is 32.1. The van der Waals surface area contributed by atoms with Crippen molar-refractivity contribution in [3.63, 3.8) is 0 Å². The number of carbonyl (C=O) groups excluding carboxylic acids is 1. The van der Waals surface area contributed by atoms with Crippen LogP contribution in [0.3, 0.4) is 0 Å². The fraction of sp³-hybridized carbons (Fsp3) is 0.360. The Morgan fingerprint density at radius 3 is 2.53 bits per heavy atom. The predicted octanol–water partition coefficient (Wildman–Crippen LogP) is 4.24. The Labute approximate surface area is 202 Å². The van der Waals surface area contributed by atoms with Crippen molar-refractivity contribution in [1.29, 1.82) is 0 Å². The lowest BCUT2D eigenvalue weighted by Gasteiger charge is -2.33. The lowest BCUT2D eigenvalue weighted by atomic mass is 10.1. The van der Waals surface area contributed by atoms with Gasteiger partial charge in [-0.2, -0.15) is 4.98 Å². The summed E-state index contributed by atoms with van der Waals surface area (Å²) in [7, 11) is 1.64. The van der Waals surface area contributed by atoms with Crippen molar-refractivity contribution in [2.75, 3.05) is 33.3 Å². The van der Waals surface area contributed by atoms with Crippen molar-refractivity contribution >= 4 is 27.5 Å². The first-order valence-corrected chi connectivity index (χ1v) is 12.1. The molecule has 0 spiro atoms. The summed E-state index contributed by atoms with van der Waals surface area (Å²) >= 11 is 1.50. The molecule has 8 nitrogen and oxygen atoms in total. The predicted molar refractivity (Wildman–Crippen MR) is 131 cm³/mol. The average molecular weight is 478 g/mol. The number of hydrogen-bond donors (Lipinski definition) is 0. The fourth-order valence-electron chi connectivity index (χ4n) is 4.44. The third-order valence-corrected chi connectivity index (χ3v) is 7.43. The molecule has 1 aromatic carbocycles. The number of benzene rings is 1. The SMILES string of the molecule is COc1ccc(-c2noc(CN3CCN(C(=O)c4sc5nc(C)cc(C)c5c4C)CC3)n2)cc1. The van der Waals surface area contributed by atoms with Crippen LogP contribution in [0.5, 0.6) is 5.75 Å². The molecule has 1 aliphatic heterocycles. The van der Waals surface area contributed by atoms with Crippen LogP contribution in [0.2, 0.25) is 0 Å². The van der Waals surface area contributed by atoms with Crippen LogP contribution in [-0.4, -0.2) is 64.1 Å². The minimum atomic E-state index is 0.0942. The van der Waals surface area contributed by atoms with Gasteiger partial charge in [0.25, 0.3) is 5.91 Å². The van der Waals surface area contributed by atoms with Gasteiger partial charge in [0.15, 0.2) is 0 Å². The number of fused-ring (bicyclic) bond motifs is 1. The minimum Gasteiger partial charge on any atom is -0.497 e. The summed E-state index contributed by atoms with van der Waals surface area (Å²) in [4.78, 5) is 28.4. The molecule has 3 aromatic heterocycles. The first-order chi connectivity index (χ1) is 16.4. The van der Waals surface area contributed by atoms with Gasteiger partial charge in [0.2, 0.25) is 11.7 Å². The molecule has 0 N–H and O–H groups in total. The summed E-state index contributed by atoms with van der Waals surface area (Å²) < 4.78 is 10.7. The van der Waals surface area contributed by atoms with Gasteiger partial charge in [-0.25, -0.2) is 4.98 Å². The van der Waals surface area contributed by atoms with E-state index in [0.717, 1.165) is 50.8 Å². The number of nitrogens with zero attached hydrogens (tertiary/aromatic N) is 5. The molecule has 0 bridgehead atoms. The van der Waals surface area contributed by atoms with Crippen LogP contribution in [0.25, 0.3) is 21.6 Å². The normalized spacial score (nSPS) is 14.6. The summed E-state index contributed by atoms with van der Waals surface area (Å²) in [6.07, 6.45) is 0. The van der Waals surface area contributed by atoms with Crippen LogP contribution in [0.4, 0.5) is 0 Å². The Bertz CT molecular complexity index is 1340. The number of methoxy groups -OCH3 is 1. The van der Waals surface area contributed by atoms with Gasteiger partial charge in [-0.15, -0.1) is 11.3 Å². The first-order valence-electron chi connectivity index (χ1n) is 11.3. The third-order valence-electron chi connectivity index (χ3n) is 6.25. The van der Waals surface area contributed by atoms with E-state index in [-0.39, 0.29) is 5.91 Å². The molecule has 5 rings (SSSR count). The smallest absolute Gasteiger partial charge is 0.264 e. The van der Waals surface area contributed by atoms with Crippen LogP contribution >= 0.6 is 11.3 Å². The van der Waals surface area contributed by atoms with Crippen molar-refractivity contribution in [3.8, 4) is 17.1 Å². The highest BCUT2D eigenvalue weighted by molar-refractivity contribution is 7.20. The van der Waals surface area contributed by atoms with Crippen molar-refractivity contribution in [2.45, 2.75) is 27.3 Å². The van der Waals surface area contributed by atoms with Crippen LogP contribution in [0.1, 0.15) is 32.4 Å². The van der Waals surface area contributed by atoms with Crippen LogP contribution in [0.15, 0.2) is 34.9 Å². The van der Waals surface area contributed by atoms with E-state index in [9.17, 15) is 4.79 Å². The molecule has 9 heteroatoms. The highest BCUT2D eigenvalue weighted by Gasteiger charge is 2.27. The third kappa shape index (κ3) is 4.28. The van der Waals surface area contributed by atoms with E-state index < -0.39 is 0 Å². The molecule has 1 saturated heterocycles. The largest absolute Gasteiger partial charge is 0.497 e. The number of aryl methyl sites for hydroxylation is 3. The quantitative estimate of drug-likeness (QED) is 0.425. The number of aromatic nitrogens is 3. The van der Waals surface area contributed by atoms with Crippen molar-refractivity contribution < 1.29 is 14.1 Å². The molecule has 34 heavy (non-hydrogen) atoms. The van der Waals surface area contributed by atoms with E-state index >= 15 is 0 Å². The number of carbonyl (C=O) groups is 1. The highest BCUT2D eigenvalue weighted by Crippen LogP contribution is 2.33. The molecule has 4 heterocycles. The Balaban J connectivity index is 1.22. The van der Waals surface area contributed by atoms with Crippen LogP contribution in [0, 0.1) is 20.8 Å². The number of piperazine rings is 1. The summed E-state index contributed by atoms with van der Waals surface area (Å²) in [6, 6.07) is 9.64. The van der Waals surface area contributed by atoms with Gasteiger partial charge >= 0.3 is 0 Å². The van der Waals surface area contributed by atoms with E-state index in [1.165, 1.54) is 16.9 Å². The maximum Gasteiger partial charge on any atom is 0.264 e. The van der Waals surface area contributed by atoms with E-state index in [1.54, 1.807) is 7.11 Å². The number of hydrogen-bond acceptors (Lipinski definition) is 8. The summed E-state index contributed by atoms with van der Waals surface area (Å²) in [5.74, 6) is 2.01. The number of ether oxygens (including phenoxy) is 1. The van der Waals surface area contributed by atoms with Gasteiger partial charge in [0.05, 0.1) is 18.5 Å². The molecule has 4 aromatic rings. The maximum atomic E-state index is 13.3. The molecule has 176 valence electrons. The number of amides is 1. The maximum absolute atomic E-state index is 13.3. The monoisotopic (exact) mass is 477 g/mol. The standard InChI is InChI=1S/C25H27N5O3S/c1-15-13-16(2)26-24-21(15)17(3)22(34-24)25(31)30-11-9-29(10-12-30)14-20-27-23(28-33-20)18-5-7-19(32-4)8-6-18/h5-8,13H,9-12,14H2,1-4H3. The average Bonchev–Trinajstić information content (AvgIpc) is 3.43. The van der Waals surface area contributed by atoms with Gasteiger partial charge in [0, 0.05) is 42.8 Å². The van der Waals surface area contributed by atoms with Crippen molar-refractivity contribution in [3.05, 3.63) is 57.9 Å². The van der Waals surface area contributed by atoms with Crippen LogP contribution in [-0.2, 0) is 6.54 Å². The van der Waals surface area contributed by atoms with Crippen molar-refractivity contribution in [2.24, 2.45) is 0 Å². The van der Waals surface area contributed by atoms with Crippen molar-refractivity contribution in [1.82, 2.24) is 24.9 Å². The van der Waals surface area contributed by atoms with E-state index in [4.69, 9.17) is 9.26 Å². The summed E-state index contributed by atoms with van der Waals surface area (Å²) in [5.41, 5.74) is 4.07. The second-order valence-corrected chi connectivity index (χ2v) is 9.62. The van der Waals surface area contributed by atoms with Crippen LogP contribution < -0.4 is 4.74 Å². The molecule has 1 fully saturated rings. The number of thiophene rings is 1. The fourth-order valence-corrected chi connectivity index (χ4v) is 5.71. The van der Waals surface area contributed by atoms with Gasteiger partial charge in [-0.05, 0) is 62.2 Å². The van der Waals surface area contributed by atoms with Gasteiger partial charge in [0.1, 0.15) is 10.6 Å². The Hall–Kier alpha value is -3.30. The minimum absolute atomic E-state index is 0.0942. The number of pyridine rings is 1. The Morgan fingerprint density at radius 1 is 1.09 bits per heavy atom. The number of rotatable bonds is 5. The van der Waals surface area contributed by atoms with E-state index in [1.807, 2.05) is 43.0 Å². The molecule has 0 aliphatic carbocycles. The van der Waals surface area contributed by atoms with Gasteiger partial charge in [-0.3, -0.25) is 9.69 Å². The Kier molecular flexibility index (Phi) is 6.05. The van der Waals surface area contributed by atoms with E-state index in [2.05, 4.69) is 33.0 Å². The zero-order valence-electron chi connectivity index (χ0n) is 19.8. The molecular formula is C25H27N5O3S. The molecule has 0 unspecified atom stereocenters. The molecule has 1 aliphatic rings. The molecule has 0 saturated carbocycles. The van der Waals surface area contributed by atoms with Gasteiger partial charge in [-0.1, -0.05) is 5.16 Å². The van der Waals surface area contributed by atoms with Gasteiger partial charge < -0.3 is 14.2 Å². The zero-order valence-corrected chi connectivity index (χ0v) is 20.6. The molecule has 1 amide bonds. The molecule has 0 atom stereocenters. The summed E-state index contributed by atoms with van der Waals surface area (Å²) in [5, 5.41) is 5.22. The molecule has 0 radical (unpaired) electrons. The lowest BCUT2D eigenvalue weighted by Crippen LogP contribution is -2.48.